The van der Waals surface area contributed by atoms with E-state index in [0.29, 0.717) is 12.3 Å². The van der Waals surface area contributed by atoms with Gasteiger partial charge in [-0.25, -0.2) is 0 Å². The molecule has 1 rings (SSSR count). The standard InChI is InChI=1S/C18H24O2/c1-4-5-6-8-11-15(2)16(3)20-18(19)14-17-12-9-7-10-13-17/h4,6-10,12-13,15-16H,1,5,11,14H2,2-3H3/b8-6+. The van der Waals surface area contributed by atoms with Crippen LogP contribution in [0.3, 0.4) is 0 Å². The molecule has 0 N–H and O–H groups in total. The fourth-order valence-electron chi connectivity index (χ4n) is 1.82. The van der Waals surface area contributed by atoms with Crippen molar-refractivity contribution in [1.29, 1.82) is 0 Å². The Hall–Kier alpha value is -1.83. The van der Waals surface area contributed by atoms with Crippen LogP contribution in [-0.4, -0.2) is 12.1 Å². The topological polar surface area (TPSA) is 26.3 Å². The largest absolute Gasteiger partial charge is 0.462 e. The van der Waals surface area contributed by atoms with Crippen LogP contribution in [0.5, 0.6) is 0 Å². The molecular weight excluding hydrogens is 248 g/mol. The number of hydrogen-bond donors (Lipinski definition) is 0. The highest BCUT2D eigenvalue weighted by Gasteiger charge is 2.15. The number of benzene rings is 1. The molecule has 0 heterocycles. The summed E-state index contributed by atoms with van der Waals surface area (Å²) >= 11 is 0. The normalized spacial score (nSPS) is 13.9. The molecule has 1 aromatic rings. The van der Waals surface area contributed by atoms with E-state index in [-0.39, 0.29) is 12.1 Å². The lowest BCUT2D eigenvalue weighted by atomic mass is 10.0. The Kier molecular flexibility index (Phi) is 7.41. The monoisotopic (exact) mass is 272 g/mol. The molecule has 2 nitrogen and oxygen atoms in total. The molecule has 0 radical (unpaired) electrons. The van der Waals surface area contributed by atoms with Gasteiger partial charge in [0, 0.05) is 0 Å². The van der Waals surface area contributed by atoms with Crippen molar-refractivity contribution in [3.8, 4) is 0 Å². The Labute approximate surface area is 122 Å². The molecule has 2 atom stereocenters. The van der Waals surface area contributed by atoms with Gasteiger partial charge in [-0.1, -0.05) is 55.5 Å². The summed E-state index contributed by atoms with van der Waals surface area (Å²) in [5.41, 5.74) is 0.989. The molecule has 0 aliphatic rings. The van der Waals surface area contributed by atoms with Crippen molar-refractivity contribution in [2.45, 2.75) is 39.2 Å². The number of carbonyl (C=O) groups excluding carboxylic acids is 1. The van der Waals surface area contributed by atoms with Crippen LogP contribution in [0.1, 0.15) is 32.3 Å². The van der Waals surface area contributed by atoms with Gasteiger partial charge in [-0.3, -0.25) is 4.79 Å². The van der Waals surface area contributed by atoms with Crippen LogP contribution < -0.4 is 0 Å². The number of ether oxygens (including phenoxy) is 1. The van der Waals surface area contributed by atoms with E-state index in [1.807, 2.05) is 43.3 Å². The second-order valence-corrected chi connectivity index (χ2v) is 5.07. The molecule has 0 aliphatic carbocycles. The van der Waals surface area contributed by atoms with Crippen molar-refractivity contribution in [2.75, 3.05) is 0 Å². The first kappa shape index (κ1) is 16.2. The SMILES string of the molecule is C=CC/C=C/CC(C)C(C)OC(=O)Cc1ccccc1. The molecule has 1 aromatic carbocycles. The minimum absolute atomic E-state index is 0.0698. The van der Waals surface area contributed by atoms with Crippen LogP contribution >= 0.6 is 0 Å². The third kappa shape index (κ3) is 6.37. The van der Waals surface area contributed by atoms with Gasteiger partial charge in [0.25, 0.3) is 0 Å². The zero-order valence-corrected chi connectivity index (χ0v) is 12.4. The van der Waals surface area contributed by atoms with Gasteiger partial charge in [-0.05, 0) is 31.2 Å². The molecule has 2 heteroatoms. The lowest BCUT2D eigenvalue weighted by Gasteiger charge is -2.19. The first-order chi connectivity index (χ1) is 9.63. The van der Waals surface area contributed by atoms with Gasteiger partial charge < -0.3 is 4.74 Å². The highest BCUT2D eigenvalue weighted by atomic mass is 16.5. The van der Waals surface area contributed by atoms with Gasteiger partial charge >= 0.3 is 5.97 Å². The van der Waals surface area contributed by atoms with Gasteiger partial charge in [-0.15, -0.1) is 6.58 Å². The highest BCUT2D eigenvalue weighted by molar-refractivity contribution is 5.72. The maximum atomic E-state index is 11.9. The summed E-state index contributed by atoms with van der Waals surface area (Å²) in [4.78, 5) is 11.9. The van der Waals surface area contributed by atoms with E-state index in [1.165, 1.54) is 0 Å². The number of allylic oxidation sites excluding steroid dienone is 3. The zero-order chi connectivity index (χ0) is 14.8. The van der Waals surface area contributed by atoms with Crippen molar-refractivity contribution < 1.29 is 9.53 Å². The molecule has 108 valence electrons. The molecule has 0 saturated heterocycles. The molecule has 20 heavy (non-hydrogen) atoms. The summed E-state index contributed by atoms with van der Waals surface area (Å²) in [6.07, 6.45) is 8.13. The van der Waals surface area contributed by atoms with Crippen molar-refractivity contribution in [1.82, 2.24) is 0 Å². The minimum atomic E-state index is -0.161. The fraction of sp³-hybridized carbons (Fsp3) is 0.389. The minimum Gasteiger partial charge on any atom is -0.462 e. The van der Waals surface area contributed by atoms with Crippen LogP contribution in [0.15, 0.2) is 55.1 Å². The molecule has 0 bridgehead atoms. The van der Waals surface area contributed by atoms with Gasteiger partial charge in [0.05, 0.1) is 6.42 Å². The predicted molar refractivity (Wildman–Crippen MR) is 83.4 cm³/mol. The second kappa shape index (κ2) is 9.13. The number of rotatable bonds is 8. The maximum absolute atomic E-state index is 11.9. The van der Waals surface area contributed by atoms with Crippen LogP contribution in [0, 0.1) is 5.92 Å². The molecule has 0 aliphatic heterocycles. The van der Waals surface area contributed by atoms with E-state index in [0.717, 1.165) is 18.4 Å². The molecule has 0 fully saturated rings. The highest BCUT2D eigenvalue weighted by Crippen LogP contribution is 2.13. The van der Waals surface area contributed by atoms with E-state index in [2.05, 4.69) is 25.7 Å². The lowest BCUT2D eigenvalue weighted by Crippen LogP contribution is -2.22. The average Bonchev–Trinajstić information content (AvgIpc) is 2.44. The van der Waals surface area contributed by atoms with Gasteiger partial charge in [0.1, 0.15) is 6.10 Å². The first-order valence-electron chi connectivity index (χ1n) is 7.12. The average molecular weight is 272 g/mol. The van der Waals surface area contributed by atoms with Gasteiger partial charge in [-0.2, -0.15) is 0 Å². The molecule has 0 spiro atoms. The number of carbonyl (C=O) groups is 1. The maximum Gasteiger partial charge on any atom is 0.310 e. The summed E-state index contributed by atoms with van der Waals surface area (Å²) in [6, 6.07) is 9.67. The summed E-state index contributed by atoms with van der Waals surface area (Å²) < 4.78 is 5.48. The lowest BCUT2D eigenvalue weighted by molar-refractivity contribution is -0.149. The smallest absolute Gasteiger partial charge is 0.310 e. The third-order valence-electron chi connectivity index (χ3n) is 3.29. The van der Waals surface area contributed by atoms with Crippen LogP contribution in [-0.2, 0) is 16.0 Å². The van der Waals surface area contributed by atoms with E-state index in [1.54, 1.807) is 0 Å². The summed E-state index contributed by atoms with van der Waals surface area (Å²) in [5.74, 6) is 0.154. The quantitative estimate of drug-likeness (QED) is 0.520. The second-order valence-electron chi connectivity index (χ2n) is 5.07. The van der Waals surface area contributed by atoms with Crippen LogP contribution in [0.25, 0.3) is 0 Å². The van der Waals surface area contributed by atoms with Crippen molar-refractivity contribution in [2.24, 2.45) is 5.92 Å². The third-order valence-corrected chi connectivity index (χ3v) is 3.29. The fourth-order valence-corrected chi connectivity index (χ4v) is 1.82. The van der Waals surface area contributed by atoms with Gasteiger partial charge in [0.15, 0.2) is 0 Å². The Bertz CT molecular complexity index is 434. The Balaban J connectivity index is 2.35. The Morgan fingerprint density at radius 1 is 1.25 bits per heavy atom. The molecule has 0 amide bonds. The van der Waals surface area contributed by atoms with E-state index >= 15 is 0 Å². The predicted octanol–water partition coefficient (Wildman–Crippen LogP) is 4.32. The van der Waals surface area contributed by atoms with Gasteiger partial charge in [0.2, 0.25) is 0 Å². The zero-order valence-electron chi connectivity index (χ0n) is 12.4. The molecule has 2 unspecified atom stereocenters. The Morgan fingerprint density at radius 3 is 2.60 bits per heavy atom. The Morgan fingerprint density at radius 2 is 1.95 bits per heavy atom. The van der Waals surface area contributed by atoms with Crippen LogP contribution in [0.4, 0.5) is 0 Å². The van der Waals surface area contributed by atoms with Crippen molar-refractivity contribution >= 4 is 5.97 Å². The first-order valence-corrected chi connectivity index (χ1v) is 7.12. The summed E-state index contributed by atoms with van der Waals surface area (Å²) in [5, 5.41) is 0. The summed E-state index contributed by atoms with van der Waals surface area (Å²) in [7, 11) is 0. The molecule has 0 saturated carbocycles. The van der Waals surface area contributed by atoms with Crippen molar-refractivity contribution in [3.63, 3.8) is 0 Å². The van der Waals surface area contributed by atoms with E-state index in [9.17, 15) is 4.79 Å². The van der Waals surface area contributed by atoms with Crippen LogP contribution in [0.2, 0.25) is 0 Å². The van der Waals surface area contributed by atoms with Crippen molar-refractivity contribution in [3.05, 3.63) is 60.7 Å². The molecular formula is C18H24O2. The number of hydrogen-bond acceptors (Lipinski definition) is 2. The molecule has 0 aromatic heterocycles. The number of esters is 1. The van der Waals surface area contributed by atoms with E-state index < -0.39 is 0 Å². The summed E-state index contributed by atoms with van der Waals surface area (Å²) in [6.45, 7) is 7.72. The van der Waals surface area contributed by atoms with E-state index in [4.69, 9.17) is 4.74 Å².